The third kappa shape index (κ3) is 59.6. The van der Waals surface area contributed by atoms with Gasteiger partial charge in [0.05, 0.1) is 6.04 Å². The summed E-state index contributed by atoms with van der Waals surface area (Å²) in [5.74, 6) is -17.1. The highest BCUT2D eigenvalue weighted by Crippen LogP contribution is 2.14. The van der Waals surface area contributed by atoms with Gasteiger partial charge in [0.15, 0.2) is 71.5 Å². The standard InChI is InChI=1S/C72H147N49O12/c73-37(13-1-25-99-61(75)76)50(123)112-39(15-3-27-101-63(79)80)52(125)114-41(17-5-29-103-65(83)84)54(127)116-43(19-7-31-105-67(87)88)56(129)118-45(21-9-33-107-69(91)92)58(131)120-47(23-11-35-109-71(95)96)60(133)121-48(24-12-36-110-72(97)98)59(132)119-46(22-10-34-108-70(93)94)57(130)117-44(20-8-32-106-68(89)90)55(128)115-42(18-6-30-104-66(85)86)53(126)113-40(16-4-28-102-64(81)82)51(124)111-38(49(74)122)14-2-26-100-62(77)78/h37-48H,1-36,73H2,(H2,74,122)(H,111,124)(H,112,123)(H,113,126)(H,114,125)(H,115,128)(H,116,127)(H,117,130)(H,118,129)(H,119,132)(H,120,131)(H,121,133)(H4,75,76,99)(H4,77,78,100)(H4,79,80,101)(H4,81,82,102)(H4,83,84,103)(H4,85,86,104)(H4,87,88,105)(H4,89,90,106)(H4,91,92,107)(H4,93,94,108)(H4,95,96,109)(H4,97,98,110)/t37-,38-,39-,40-,41-,42-,43-,44-,45-,46-,47-,48-/m0/s1. The Bertz CT molecular complexity index is 3820. The number of primary amides is 1. The van der Waals surface area contributed by atoms with Crippen molar-refractivity contribution < 1.29 is 57.5 Å². The summed E-state index contributed by atoms with van der Waals surface area (Å²) in [7, 11) is 0. The van der Waals surface area contributed by atoms with E-state index in [2.05, 4.69) is 122 Å². The minimum Gasteiger partial charge on any atom is -0.370 e. The Morgan fingerprint density at radius 1 is 0.158 bits per heavy atom. The van der Waals surface area contributed by atoms with Crippen molar-refractivity contribution in [1.82, 2.24) is 122 Å². The molecule has 0 aromatic carbocycles. The molecule has 61 heteroatoms. The Labute approximate surface area is 769 Å². The van der Waals surface area contributed by atoms with Crippen LogP contribution in [0.15, 0.2) is 0 Å². The highest BCUT2D eigenvalue weighted by molar-refractivity contribution is 6.00. The molecule has 0 saturated carbocycles. The van der Waals surface area contributed by atoms with Crippen LogP contribution in [0.1, 0.15) is 154 Å². The Kier molecular flexibility index (Phi) is 60.3. The van der Waals surface area contributed by atoms with Gasteiger partial charge in [-0.05, 0) is 154 Å². The summed E-state index contributed by atoms with van der Waals surface area (Å²) < 4.78 is 0. The average molecular weight is 1890 g/mol. The summed E-state index contributed by atoms with van der Waals surface area (Å²) in [6.45, 7) is -0.132. The number of amides is 12. The second kappa shape index (κ2) is 68.0. The number of rotatable bonds is 71. The lowest BCUT2D eigenvalue weighted by Crippen LogP contribution is -2.61. The molecule has 0 unspecified atom stereocenters. The molecule has 0 aliphatic rings. The zero-order valence-electron chi connectivity index (χ0n) is 74.9. The van der Waals surface area contributed by atoms with Crippen molar-refractivity contribution in [1.29, 1.82) is 64.9 Å². The largest absolute Gasteiger partial charge is 0.370 e. The summed E-state index contributed by atoms with van der Waals surface area (Å²) in [6, 6.07) is -18.4. The van der Waals surface area contributed by atoms with Gasteiger partial charge < -0.3 is 203 Å². The third-order valence-corrected chi connectivity index (χ3v) is 19.2. The lowest BCUT2D eigenvalue weighted by Gasteiger charge is -2.29. The van der Waals surface area contributed by atoms with E-state index in [-0.39, 0.29) is 251 Å². The van der Waals surface area contributed by atoms with Crippen LogP contribution in [0.4, 0.5) is 0 Å². The van der Waals surface area contributed by atoms with E-state index in [4.69, 9.17) is 145 Å². The molecule has 0 aliphatic heterocycles. The molecule has 0 aliphatic carbocycles. The normalized spacial score (nSPS) is 13.3. The fourth-order valence-corrected chi connectivity index (χ4v) is 12.5. The topological polar surface area (TPSA) is 1130 Å². The highest BCUT2D eigenvalue weighted by atomic mass is 16.2. The van der Waals surface area contributed by atoms with Crippen LogP contribution in [-0.2, 0) is 57.5 Å². The van der Waals surface area contributed by atoms with Crippen LogP contribution in [0.5, 0.6) is 0 Å². The summed E-state index contributed by atoms with van der Waals surface area (Å²) in [6.07, 6.45) is -2.02. The number of nitrogens with two attached hydrogens (primary N) is 14. The first-order chi connectivity index (χ1) is 62.7. The molecule has 0 radical (unpaired) electrons. The lowest BCUT2D eigenvalue weighted by atomic mass is 10.0. The zero-order chi connectivity index (χ0) is 101. The van der Waals surface area contributed by atoms with Crippen molar-refractivity contribution in [2.75, 3.05) is 78.5 Å². The molecule has 63 N–H and O–H groups in total. The van der Waals surface area contributed by atoms with Gasteiger partial charge in [0.2, 0.25) is 70.9 Å². The number of hydrogen-bond donors (Lipinski definition) is 49. The van der Waals surface area contributed by atoms with Gasteiger partial charge in [-0.3, -0.25) is 122 Å². The lowest BCUT2D eigenvalue weighted by molar-refractivity contribution is -0.136. The van der Waals surface area contributed by atoms with Gasteiger partial charge >= 0.3 is 0 Å². The molecule has 0 heterocycles. The second-order valence-corrected chi connectivity index (χ2v) is 30.5. The smallest absolute Gasteiger partial charge is 0.243 e. The first-order valence-corrected chi connectivity index (χ1v) is 43.1. The molecule has 752 valence electrons. The van der Waals surface area contributed by atoms with Crippen LogP contribution in [-0.4, -0.2) is 293 Å². The summed E-state index contributed by atoms with van der Waals surface area (Å²) >= 11 is 0. The molecule has 61 nitrogen and oxygen atoms in total. The predicted molar refractivity (Wildman–Crippen MR) is 498 cm³/mol. The minimum atomic E-state index is -1.69. The fourth-order valence-electron chi connectivity index (χ4n) is 12.5. The minimum absolute atomic E-state index is 0.0123. The third-order valence-electron chi connectivity index (χ3n) is 19.2. The van der Waals surface area contributed by atoms with Crippen molar-refractivity contribution in [2.24, 2.45) is 80.3 Å². The molecule has 0 spiro atoms. The van der Waals surface area contributed by atoms with Gasteiger partial charge in [0, 0.05) is 78.5 Å². The van der Waals surface area contributed by atoms with Crippen molar-refractivity contribution >= 4 is 142 Å². The maximum Gasteiger partial charge on any atom is 0.243 e. The molecule has 0 saturated heterocycles. The Morgan fingerprint density at radius 3 is 0.368 bits per heavy atom. The zero-order valence-corrected chi connectivity index (χ0v) is 74.9. The van der Waals surface area contributed by atoms with E-state index in [1.54, 1.807) is 0 Å². The quantitative estimate of drug-likeness (QED) is 0.0153. The van der Waals surface area contributed by atoms with E-state index in [0.717, 1.165) is 0 Å². The predicted octanol–water partition coefficient (Wildman–Crippen LogP) is -15.7. The Balaban J connectivity index is 8.30. The monoisotopic (exact) mass is 1890 g/mol. The number of carbonyl (C=O) groups is 12. The number of hydrogen-bond acceptors (Lipinski definition) is 25. The molecule has 12 amide bonds. The van der Waals surface area contributed by atoms with E-state index in [1.165, 1.54) is 0 Å². The summed E-state index contributed by atoms with van der Waals surface area (Å²) in [5.41, 5.74) is 78.3. The van der Waals surface area contributed by atoms with Crippen LogP contribution in [0, 0.1) is 64.9 Å². The van der Waals surface area contributed by atoms with Crippen molar-refractivity contribution in [2.45, 2.75) is 227 Å². The van der Waals surface area contributed by atoms with E-state index in [0.29, 0.717) is 0 Å². The first kappa shape index (κ1) is 118. The molecule has 0 fully saturated rings. The molecule has 0 aromatic heterocycles. The van der Waals surface area contributed by atoms with Crippen molar-refractivity contribution in [3.63, 3.8) is 0 Å². The van der Waals surface area contributed by atoms with Gasteiger partial charge in [0.1, 0.15) is 66.5 Å². The molecule has 0 rings (SSSR count). The molecule has 0 bridgehead atoms. The van der Waals surface area contributed by atoms with Crippen LogP contribution >= 0.6 is 0 Å². The van der Waals surface area contributed by atoms with Gasteiger partial charge in [-0.1, -0.05) is 0 Å². The van der Waals surface area contributed by atoms with E-state index >= 15 is 24.0 Å². The molecule has 12 atom stereocenters. The van der Waals surface area contributed by atoms with Gasteiger partial charge in [-0.25, -0.2) is 0 Å². The Morgan fingerprint density at radius 2 is 0.256 bits per heavy atom. The number of guanidine groups is 12. The maximum absolute atomic E-state index is 15.2. The van der Waals surface area contributed by atoms with E-state index in [9.17, 15) is 33.6 Å². The van der Waals surface area contributed by atoms with E-state index < -0.39 is 197 Å². The van der Waals surface area contributed by atoms with Crippen molar-refractivity contribution in [3.05, 3.63) is 0 Å². The second-order valence-electron chi connectivity index (χ2n) is 30.5. The summed E-state index contributed by atoms with van der Waals surface area (Å²) in [5, 5.41) is 152. The highest BCUT2D eigenvalue weighted by Gasteiger charge is 2.38. The number of nitrogens with one attached hydrogen (secondary N) is 35. The van der Waals surface area contributed by atoms with Crippen LogP contribution < -0.4 is 203 Å². The van der Waals surface area contributed by atoms with Crippen LogP contribution in [0.25, 0.3) is 0 Å². The average Bonchev–Trinajstić information content (AvgIpc) is 0.856. The van der Waals surface area contributed by atoms with Gasteiger partial charge in [-0.15, -0.1) is 0 Å². The molecular formula is C72H147N49O12. The Hall–Kier alpha value is -15.2. The van der Waals surface area contributed by atoms with Gasteiger partial charge in [0.25, 0.3) is 0 Å². The molecule has 0 aromatic rings. The van der Waals surface area contributed by atoms with Crippen LogP contribution in [0.2, 0.25) is 0 Å². The molecule has 133 heavy (non-hydrogen) atoms. The molecular weight excluding hydrogens is 1740 g/mol. The number of carbonyl (C=O) groups excluding carboxylic acids is 12. The fraction of sp³-hybridized carbons (Fsp3) is 0.667. The first-order valence-electron chi connectivity index (χ1n) is 43.1. The SMILES string of the molecule is N=C(N)NCCC[C@H](NC(=O)[C@H](CCCNC(=N)N)NC(=O)[C@H](CCCNC(=N)N)NC(=O)[C@H](CCCNC(=N)N)NC(=O)[C@H](CCCNC(=N)N)NC(=O)[C@H](CCCNC(=N)N)NC(=O)[C@H](CCCNC(=N)N)NC(=O)[C@H](CCCNC(=N)N)NC(=O)[C@H](CCCNC(=N)N)NC(=O)[C@H](CCCNC(=N)N)NC(=O)[C@H](CCCNC(=N)N)NC(=O)[C@@H](N)CCCNC(=N)N)C(N)=O. The summed E-state index contributed by atoms with van der Waals surface area (Å²) in [4.78, 5) is 175. The maximum atomic E-state index is 15.2. The van der Waals surface area contributed by atoms with Gasteiger partial charge in [-0.2, -0.15) is 0 Å². The van der Waals surface area contributed by atoms with E-state index in [1.807, 2.05) is 0 Å². The van der Waals surface area contributed by atoms with Crippen LogP contribution in [0.3, 0.4) is 0 Å². The van der Waals surface area contributed by atoms with Crippen molar-refractivity contribution in [3.8, 4) is 0 Å².